The lowest BCUT2D eigenvalue weighted by atomic mass is 10.3. The van der Waals surface area contributed by atoms with Gasteiger partial charge in [0.2, 0.25) is 11.9 Å². The topological polar surface area (TPSA) is 72.0 Å². The van der Waals surface area contributed by atoms with E-state index in [2.05, 4.69) is 25.6 Å². The molecule has 0 aromatic carbocycles. The molecule has 1 saturated carbocycles. The summed E-state index contributed by atoms with van der Waals surface area (Å²) in [6, 6.07) is 0.360. The van der Waals surface area contributed by atoms with Crippen molar-refractivity contribution in [3.05, 3.63) is 0 Å². The van der Waals surface area contributed by atoms with E-state index >= 15 is 0 Å². The van der Waals surface area contributed by atoms with Crippen molar-refractivity contribution < 1.29 is 4.74 Å². The monoisotopic (exact) mass is 251 g/mol. The van der Waals surface area contributed by atoms with E-state index in [-0.39, 0.29) is 6.10 Å². The molecule has 0 spiro atoms. The smallest absolute Gasteiger partial charge is 0.323 e. The Kier molecular flexibility index (Phi) is 4.17. The molecule has 6 nitrogen and oxygen atoms in total. The average Bonchev–Trinajstić information content (AvgIpc) is 3.12. The second-order valence-electron chi connectivity index (χ2n) is 4.84. The van der Waals surface area contributed by atoms with E-state index in [1.807, 2.05) is 13.8 Å². The third-order valence-electron chi connectivity index (χ3n) is 2.71. The Morgan fingerprint density at radius 2 is 1.94 bits per heavy atom. The summed E-state index contributed by atoms with van der Waals surface area (Å²) in [5, 5.41) is 6.13. The van der Waals surface area contributed by atoms with Crippen LogP contribution in [0.15, 0.2) is 0 Å². The minimum absolute atomic E-state index is 0.0522. The van der Waals surface area contributed by atoms with Crippen LogP contribution in [0, 0.1) is 5.92 Å². The second kappa shape index (κ2) is 5.84. The number of aromatic nitrogens is 3. The lowest BCUT2D eigenvalue weighted by molar-refractivity contribution is 0.222. The second-order valence-corrected chi connectivity index (χ2v) is 4.84. The van der Waals surface area contributed by atoms with Gasteiger partial charge in [0.1, 0.15) is 0 Å². The maximum Gasteiger partial charge on any atom is 0.323 e. The highest BCUT2D eigenvalue weighted by molar-refractivity contribution is 5.35. The van der Waals surface area contributed by atoms with Crippen LogP contribution >= 0.6 is 0 Å². The van der Waals surface area contributed by atoms with Gasteiger partial charge in [0.25, 0.3) is 0 Å². The van der Waals surface area contributed by atoms with Crippen LogP contribution in [0.2, 0.25) is 0 Å². The number of ether oxygens (including phenoxy) is 1. The maximum absolute atomic E-state index is 5.49. The van der Waals surface area contributed by atoms with Gasteiger partial charge in [0.05, 0.1) is 6.10 Å². The normalized spacial score (nSPS) is 14.7. The molecule has 0 amide bonds. The Labute approximate surface area is 108 Å². The first-order valence-corrected chi connectivity index (χ1v) is 6.51. The van der Waals surface area contributed by atoms with Crippen molar-refractivity contribution in [2.45, 2.75) is 39.2 Å². The van der Waals surface area contributed by atoms with Crippen LogP contribution in [0.3, 0.4) is 0 Å². The Morgan fingerprint density at radius 3 is 2.56 bits per heavy atom. The van der Waals surface area contributed by atoms with Gasteiger partial charge in [-0.3, -0.25) is 0 Å². The average molecular weight is 251 g/mol. The molecule has 1 aliphatic carbocycles. The van der Waals surface area contributed by atoms with E-state index < -0.39 is 0 Å². The first kappa shape index (κ1) is 12.9. The predicted octanol–water partition coefficient (Wildman–Crippen LogP) is 1.91. The van der Waals surface area contributed by atoms with E-state index in [0.717, 1.165) is 12.5 Å². The zero-order valence-electron chi connectivity index (χ0n) is 11.2. The number of rotatable bonds is 7. The van der Waals surface area contributed by atoms with Crippen LogP contribution in [-0.2, 0) is 0 Å². The van der Waals surface area contributed by atoms with E-state index in [4.69, 9.17) is 4.74 Å². The van der Waals surface area contributed by atoms with Crippen molar-refractivity contribution in [1.82, 2.24) is 15.0 Å². The SMILES string of the molecule is CNc1nc(NCCC2CC2)nc(OC(C)C)n1. The standard InChI is InChI=1S/C12H21N5O/c1-8(2)18-12-16-10(13-3)15-11(17-12)14-7-6-9-4-5-9/h8-9H,4-7H2,1-3H3,(H2,13,14,15,16,17). The molecule has 0 radical (unpaired) electrons. The fourth-order valence-electron chi connectivity index (χ4n) is 1.61. The summed E-state index contributed by atoms with van der Waals surface area (Å²) in [6.45, 7) is 4.80. The molecule has 1 aromatic rings. The van der Waals surface area contributed by atoms with Crippen molar-refractivity contribution in [3.8, 4) is 6.01 Å². The molecule has 0 aliphatic heterocycles. The maximum atomic E-state index is 5.49. The van der Waals surface area contributed by atoms with Crippen LogP contribution < -0.4 is 15.4 Å². The number of nitrogens with one attached hydrogen (secondary N) is 2. The molecule has 0 saturated heterocycles. The summed E-state index contributed by atoms with van der Waals surface area (Å²) in [7, 11) is 1.78. The highest BCUT2D eigenvalue weighted by Crippen LogP contribution is 2.32. The summed E-state index contributed by atoms with van der Waals surface area (Å²) in [6.07, 6.45) is 3.96. The van der Waals surface area contributed by atoms with E-state index in [0.29, 0.717) is 17.9 Å². The third kappa shape index (κ3) is 4.01. The zero-order chi connectivity index (χ0) is 13.0. The quantitative estimate of drug-likeness (QED) is 0.771. The van der Waals surface area contributed by atoms with Crippen molar-refractivity contribution in [2.75, 3.05) is 24.2 Å². The minimum atomic E-state index is 0.0522. The van der Waals surface area contributed by atoms with Crippen molar-refractivity contribution in [3.63, 3.8) is 0 Å². The molecule has 2 rings (SSSR count). The molecule has 1 heterocycles. The molecular weight excluding hydrogens is 230 g/mol. The molecular formula is C12H21N5O. The fourth-order valence-corrected chi connectivity index (χ4v) is 1.61. The van der Waals surface area contributed by atoms with Crippen molar-refractivity contribution >= 4 is 11.9 Å². The zero-order valence-corrected chi connectivity index (χ0v) is 11.2. The first-order valence-electron chi connectivity index (χ1n) is 6.51. The number of anilines is 2. The van der Waals surface area contributed by atoms with Crippen LogP contribution in [-0.4, -0.2) is 34.6 Å². The molecule has 1 fully saturated rings. The summed E-state index contributed by atoms with van der Waals surface area (Å²) in [4.78, 5) is 12.6. The van der Waals surface area contributed by atoms with Gasteiger partial charge in [-0.15, -0.1) is 0 Å². The van der Waals surface area contributed by atoms with Gasteiger partial charge in [-0.1, -0.05) is 12.8 Å². The molecule has 0 atom stereocenters. The lowest BCUT2D eigenvalue weighted by Gasteiger charge is -2.11. The first-order chi connectivity index (χ1) is 8.67. The minimum Gasteiger partial charge on any atom is -0.461 e. The molecule has 2 N–H and O–H groups in total. The Hall–Kier alpha value is -1.59. The van der Waals surface area contributed by atoms with E-state index in [1.54, 1.807) is 7.05 Å². The molecule has 100 valence electrons. The van der Waals surface area contributed by atoms with Gasteiger partial charge in [-0.25, -0.2) is 0 Å². The van der Waals surface area contributed by atoms with Crippen molar-refractivity contribution in [2.24, 2.45) is 5.92 Å². The van der Waals surface area contributed by atoms with Crippen LogP contribution in [0.4, 0.5) is 11.9 Å². The van der Waals surface area contributed by atoms with Gasteiger partial charge in [0, 0.05) is 13.6 Å². The molecule has 1 aliphatic rings. The molecule has 18 heavy (non-hydrogen) atoms. The molecule has 0 bridgehead atoms. The van der Waals surface area contributed by atoms with Gasteiger partial charge in [-0.2, -0.15) is 15.0 Å². The van der Waals surface area contributed by atoms with Crippen LogP contribution in [0.5, 0.6) is 6.01 Å². The Morgan fingerprint density at radius 1 is 1.22 bits per heavy atom. The van der Waals surface area contributed by atoms with Gasteiger partial charge in [-0.05, 0) is 26.2 Å². The molecule has 0 unspecified atom stereocenters. The fraction of sp³-hybridized carbons (Fsp3) is 0.750. The lowest BCUT2D eigenvalue weighted by Crippen LogP contribution is -2.13. The Balaban J connectivity index is 1.97. The largest absolute Gasteiger partial charge is 0.461 e. The van der Waals surface area contributed by atoms with E-state index in [1.165, 1.54) is 19.3 Å². The summed E-state index contributed by atoms with van der Waals surface area (Å²) in [5.41, 5.74) is 0. The van der Waals surface area contributed by atoms with Gasteiger partial charge in [0.15, 0.2) is 0 Å². The van der Waals surface area contributed by atoms with Gasteiger partial charge < -0.3 is 15.4 Å². The summed E-state index contributed by atoms with van der Waals surface area (Å²) in [5.74, 6) is 2.00. The van der Waals surface area contributed by atoms with Gasteiger partial charge >= 0.3 is 6.01 Å². The van der Waals surface area contributed by atoms with E-state index in [9.17, 15) is 0 Å². The summed E-state index contributed by atoms with van der Waals surface area (Å²) >= 11 is 0. The molecule has 6 heteroatoms. The molecule has 1 aromatic heterocycles. The predicted molar refractivity (Wildman–Crippen MR) is 71.0 cm³/mol. The number of hydrogen-bond acceptors (Lipinski definition) is 6. The number of nitrogens with zero attached hydrogens (tertiary/aromatic N) is 3. The third-order valence-corrected chi connectivity index (χ3v) is 2.71. The van der Waals surface area contributed by atoms with Crippen LogP contribution in [0.25, 0.3) is 0 Å². The highest BCUT2D eigenvalue weighted by atomic mass is 16.5. The van der Waals surface area contributed by atoms with Crippen LogP contribution in [0.1, 0.15) is 33.1 Å². The number of hydrogen-bond donors (Lipinski definition) is 2. The highest BCUT2D eigenvalue weighted by Gasteiger charge is 2.20. The Bertz CT molecular complexity index is 392. The summed E-state index contributed by atoms with van der Waals surface area (Å²) < 4.78 is 5.49. The van der Waals surface area contributed by atoms with Crippen molar-refractivity contribution in [1.29, 1.82) is 0 Å².